The van der Waals surface area contributed by atoms with Gasteiger partial charge in [0.2, 0.25) is 11.6 Å². The number of amides is 1. The molecule has 0 fully saturated rings. The van der Waals surface area contributed by atoms with Gasteiger partial charge in [-0.3, -0.25) is 14.9 Å². The summed E-state index contributed by atoms with van der Waals surface area (Å²) in [5.74, 6) is -8.15. The Balaban J connectivity index is 1.72. The van der Waals surface area contributed by atoms with Crippen molar-refractivity contribution in [2.24, 2.45) is 5.10 Å². The SMILES string of the molecule is COc1ccc(/C=N/NC(=O)c2ccc([N+](=O)[O-])cc2)cc1COc1c(F)c(F)cc(F)c1F. The van der Waals surface area contributed by atoms with Crippen LogP contribution in [0.5, 0.6) is 11.5 Å². The molecule has 0 bridgehead atoms. The number of nitrogens with one attached hydrogen (secondary N) is 1. The molecular weight excluding hydrogens is 462 g/mol. The summed E-state index contributed by atoms with van der Waals surface area (Å²) in [6, 6.07) is 9.42. The number of carbonyl (C=O) groups is 1. The summed E-state index contributed by atoms with van der Waals surface area (Å²) in [6.07, 6.45) is 1.25. The van der Waals surface area contributed by atoms with Gasteiger partial charge in [0.1, 0.15) is 12.4 Å². The van der Waals surface area contributed by atoms with Crippen molar-refractivity contribution in [2.45, 2.75) is 6.61 Å². The van der Waals surface area contributed by atoms with Crippen molar-refractivity contribution >= 4 is 17.8 Å². The Kier molecular flexibility index (Phi) is 7.41. The summed E-state index contributed by atoms with van der Waals surface area (Å²) in [4.78, 5) is 22.2. The molecule has 34 heavy (non-hydrogen) atoms. The number of nitrogens with zero attached hydrogens (tertiary/aromatic N) is 2. The molecule has 1 N–H and O–H groups in total. The Morgan fingerprint density at radius 3 is 2.29 bits per heavy atom. The van der Waals surface area contributed by atoms with Crippen molar-refractivity contribution in [3.05, 3.63) is 98.6 Å². The molecule has 0 spiro atoms. The maximum absolute atomic E-state index is 13.8. The van der Waals surface area contributed by atoms with Crippen molar-refractivity contribution in [3.63, 3.8) is 0 Å². The molecule has 12 heteroatoms. The molecule has 0 heterocycles. The summed E-state index contributed by atoms with van der Waals surface area (Å²) in [6.45, 7) is -0.503. The van der Waals surface area contributed by atoms with Gasteiger partial charge in [-0.05, 0) is 35.9 Å². The Hall–Kier alpha value is -4.48. The van der Waals surface area contributed by atoms with Crippen molar-refractivity contribution in [1.29, 1.82) is 0 Å². The number of hydrazone groups is 1. The molecule has 0 saturated carbocycles. The third kappa shape index (κ3) is 5.46. The van der Waals surface area contributed by atoms with E-state index in [1.807, 2.05) is 0 Å². The zero-order valence-corrected chi connectivity index (χ0v) is 17.4. The van der Waals surface area contributed by atoms with Gasteiger partial charge in [-0.25, -0.2) is 14.2 Å². The highest BCUT2D eigenvalue weighted by Gasteiger charge is 2.21. The minimum atomic E-state index is -1.68. The normalized spacial score (nSPS) is 10.9. The number of benzene rings is 3. The van der Waals surface area contributed by atoms with Crippen LogP contribution in [-0.2, 0) is 6.61 Å². The van der Waals surface area contributed by atoms with E-state index in [1.165, 1.54) is 49.7 Å². The number of ether oxygens (including phenoxy) is 2. The smallest absolute Gasteiger partial charge is 0.271 e. The second-order valence-electron chi connectivity index (χ2n) is 6.66. The number of methoxy groups -OCH3 is 1. The van der Waals surface area contributed by atoms with Crippen molar-refractivity contribution in [1.82, 2.24) is 5.43 Å². The zero-order valence-electron chi connectivity index (χ0n) is 17.4. The second-order valence-corrected chi connectivity index (χ2v) is 6.66. The summed E-state index contributed by atoms with van der Waals surface area (Å²) in [5, 5.41) is 14.5. The van der Waals surface area contributed by atoms with Gasteiger partial charge >= 0.3 is 0 Å². The average molecular weight is 477 g/mol. The van der Waals surface area contributed by atoms with E-state index < -0.39 is 46.5 Å². The number of carbonyl (C=O) groups excluding carboxylic acids is 1. The van der Waals surface area contributed by atoms with Gasteiger partial charge in [0.05, 0.1) is 18.2 Å². The lowest BCUT2D eigenvalue weighted by Gasteiger charge is -2.12. The highest BCUT2D eigenvalue weighted by Crippen LogP contribution is 2.28. The maximum atomic E-state index is 13.8. The topological polar surface area (TPSA) is 103 Å². The van der Waals surface area contributed by atoms with Crippen LogP contribution in [-0.4, -0.2) is 24.2 Å². The number of rotatable bonds is 8. The molecule has 0 radical (unpaired) electrons. The van der Waals surface area contributed by atoms with E-state index in [-0.39, 0.29) is 28.6 Å². The highest BCUT2D eigenvalue weighted by atomic mass is 19.2. The number of nitro benzene ring substituents is 1. The Morgan fingerprint density at radius 1 is 1.06 bits per heavy atom. The molecule has 0 saturated heterocycles. The van der Waals surface area contributed by atoms with Crippen molar-refractivity contribution < 1.29 is 36.8 Å². The van der Waals surface area contributed by atoms with Gasteiger partial charge in [0.25, 0.3) is 11.6 Å². The van der Waals surface area contributed by atoms with E-state index in [0.717, 1.165) is 0 Å². The molecule has 0 atom stereocenters. The first-order valence-corrected chi connectivity index (χ1v) is 9.41. The Morgan fingerprint density at radius 2 is 1.71 bits per heavy atom. The van der Waals surface area contributed by atoms with Gasteiger partial charge in [-0.15, -0.1) is 0 Å². The fraction of sp³-hybridized carbons (Fsp3) is 0.0909. The molecule has 0 aromatic heterocycles. The first kappa shape index (κ1) is 24.2. The molecule has 3 rings (SSSR count). The first-order valence-electron chi connectivity index (χ1n) is 9.41. The van der Waals surface area contributed by atoms with Crippen LogP contribution in [0.15, 0.2) is 53.6 Å². The van der Waals surface area contributed by atoms with Crippen LogP contribution in [0.25, 0.3) is 0 Å². The van der Waals surface area contributed by atoms with Crippen LogP contribution in [0.4, 0.5) is 23.2 Å². The Labute approximate surface area is 189 Å². The van der Waals surface area contributed by atoms with Crippen LogP contribution in [0.2, 0.25) is 0 Å². The predicted molar refractivity (Wildman–Crippen MR) is 112 cm³/mol. The lowest BCUT2D eigenvalue weighted by Crippen LogP contribution is -2.17. The molecular formula is C22H15F4N3O5. The summed E-state index contributed by atoms with van der Waals surface area (Å²) < 4.78 is 64.5. The number of nitro groups is 1. The second kappa shape index (κ2) is 10.4. The van der Waals surface area contributed by atoms with Gasteiger partial charge < -0.3 is 9.47 Å². The van der Waals surface area contributed by atoms with Gasteiger partial charge in [-0.2, -0.15) is 13.9 Å². The number of halogens is 4. The third-order valence-electron chi connectivity index (χ3n) is 4.47. The quantitative estimate of drug-likeness (QED) is 0.169. The first-order chi connectivity index (χ1) is 16.2. The fourth-order valence-electron chi connectivity index (χ4n) is 2.78. The van der Waals surface area contributed by atoms with Crippen molar-refractivity contribution in [3.8, 4) is 11.5 Å². The maximum Gasteiger partial charge on any atom is 0.271 e. The summed E-state index contributed by atoms with van der Waals surface area (Å²) >= 11 is 0. The number of non-ortho nitro benzene ring substituents is 1. The van der Waals surface area contributed by atoms with Crippen LogP contribution in [0.1, 0.15) is 21.5 Å². The number of hydrogen-bond acceptors (Lipinski definition) is 6. The van der Waals surface area contributed by atoms with Gasteiger partial charge in [0, 0.05) is 29.3 Å². The average Bonchev–Trinajstić information content (AvgIpc) is 2.83. The standard InChI is InChI=1S/C22H15F4N3O5/c1-33-18-7-2-12(10-27-28-22(30)13-3-5-15(6-4-13)29(31)32)8-14(18)11-34-21-19(25)16(23)9-17(24)20(21)26/h2-10H,11H2,1H3,(H,28,30)/b27-10+. The molecule has 1 amide bonds. The predicted octanol–water partition coefficient (Wildman–Crippen LogP) is 4.50. The van der Waals surface area contributed by atoms with E-state index in [1.54, 1.807) is 6.07 Å². The van der Waals surface area contributed by atoms with E-state index in [0.29, 0.717) is 5.56 Å². The summed E-state index contributed by atoms with van der Waals surface area (Å²) in [7, 11) is 1.33. The largest absolute Gasteiger partial charge is 0.496 e. The van der Waals surface area contributed by atoms with Crippen LogP contribution in [0.3, 0.4) is 0 Å². The minimum absolute atomic E-state index is 0.0696. The van der Waals surface area contributed by atoms with E-state index in [2.05, 4.69) is 10.5 Å². The van der Waals surface area contributed by atoms with Gasteiger partial charge in [-0.1, -0.05) is 0 Å². The molecule has 3 aromatic rings. The molecule has 3 aromatic carbocycles. The summed E-state index contributed by atoms with van der Waals surface area (Å²) in [5.41, 5.74) is 2.88. The molecule has 0 aliphatic carbocycles. The highest BCUT2D eigenvalue weighted by molar-refractivity contribution is 5.95. The molecule has 0 aliphatic heterocycles. The van der Waals surface area contributed by atoms with Crippen LogP contribution >= 0.6 is 0 Å². The van der Waals surface area contributed by atoms with Crippen LogP contribution in [0, 0.1) is 33.4 Å². The monoisotopic (exact) mass is 477 g/mol. The molecule has 8 nitrogen and oxygen atoms in total. The van der Waals surface area contributed by atoms with Crippen molar-refractivity contribution in [2.75, 3.05) is 7.11 Å². The van der Waals surface area contributed by atoms with Gasteiger partial charge in [0.15, 0.2) is 17.4 Å². The van der Waals surface area contributed by atoms with E-state index in [4.69, 9.17) is 9.47 Å². The Bertz CT molecular complexity index is 1240. The molecule has 0 aliphatic rings. The molecule has 176 valence electrons. The third-order valence-corrected chi connectivity index (χ3v) is 4.47. The zero-order chi connectivity index (χ0) is 24.8. The molecule has 0 unspecified atom stereocenters. The lowest BCUT2D eigenvalue weighted by atomic mass is 10.1. The van der Waals surface area contributed by atoms with Crippen LogP contribution < -0.4 is 14.9 Å². The lowest BCUT2D eigenvalue weighted by molar-refractivity contribution is -0.384. The van der Waals surface area contributed by atoms with E-state index >= 15 is 0 Å². The fourth-order valence-corrected chi connectivity index (χ4v) is 2.78. The van der Waals surface area contributed by atoms with E-state index in [9.17, 15) is 32.5 Å². The minimum Gasteiger partial charge on any atom is -0.496 e. The number of hydrogen-bond donors (Lipinski definition) is 1.